The smallest absolute Gasteiger partial charge is 0.333 e. The van der Waals surface area contributed by atoms with Gasteiger partial charge in [0, 0.05) is 5.03 Å². The van der Waals surface area contributed by atoms with Crippen molar-refractivity contribution in [3.8, 4) is 0 Å². The lowest BCUT2D eigenvalue weighted by Gasteiger charge is -2.08. The molecule has 0 bridgehead atoms. The second-order valence-electron chi connectivity index (χ2n) is 2.17. The molecule has 0 aliphatic rings. The Morgan fingerprint density at radius 3 is 2.31 bits per heavy atom. The van der Waals surface area contributed by atoms with Crippen molar-refractivity contribution in [3.63, 3.8) is 0 Å². The molecule has 0 fully saturated rings. The summed E-state index contributed by atoms with van der Waals surface area (Å²) in [6.07, 6.45) is -4.41. The highest BCUT2D eigenvalue weighted by Gasteiger charge is 2.27. The molecule has 0 rings (SSSR count). The van der Waals surface area contributed by atoms with E-state index in [-0.39, 0.29) is 11.6 Å². The second-order valence-corrected chi connectivity index (χ2v) is 2.70. The summed E-state index contributed by atoms with van der Waals surface area (Å²) in [5.74, 6) is 0. The average Bonchev–Trinajstić information content (AvgIpc) is 1.95. The lowest BCUT2D eigenvalue weighted by Crippen LogP contribution is -2.41. The van der Waals surface area contributed by atoms with Gasteiger partial charge in [0.1, 0.15) is 6.54 Å². The van der Waals surface area contributed by atoms with E-state index in [0.717, 1.165) is 0 Å². The van der Waals surface area contributed by atoms with E-state index < -0.39 is 18.8 Å². The first-order valence-electron chi connectivity index (χ1n) is 3.23. The van der Waals surface area contributed by atoms with E-state index in [1.54, 1.807) is 5.32 Å². The molecule has 0 aliphatic carbocycles. The molecule has 0 aromatic heterocycles. The number of nitrogens with one attached hydrogen (secondary N) is 2. The summed E-state index contributed by atoms with van der Waals surface area (Å²) < 4.78 is 34.6. The number of carbonyl (C=O) groups is 1. The average molecular weight is 217 g/mol. The Kier molecular flexibility index (Phi) is 4.61. The van der Waals surface area contributed by atoms with Gasteiger partial charge in [0.05, 0.1) is 6.54 Å². The van der Waals surface area contributed by atoms with E-state index in [1.807, 2.05) is 0 Å². The largest absolute Gasteiger partial charge is 0.405 e. The molecule has 0 radical (unpaired) electrons. The molecule has 0 unspecified atom stereocenters. The molecule has 0 heterocycles. The van der Waals surface area contributed by atoms with Crippen LogP contribution in [0.1, 0.15) is 0 Å². The molecule has 0 saturated heterocycles. The molecule has 2 amide bonds. The Hall–Kier alpha value is -0.910. The standard InChI is InChI=1S/C6H8ClF3N2O/c1-4(7)2-11-5(13)12-3-6(8,9)10/h1-3H2,(H2,11,12,13). The van der Waals surface area contributed by atoms with Gasteiger partial charge < -0.3 is 10.6 Å². The van der Waals surface area contributed by atoms with Crippen LogP contribution in [0, 0.1) is 0 Å². The first-order valence-corrected chi connectivity index (χ1v) is 3.61. The predicted octanol–water partition coefficient (Wildman–Crippen LogP) is 1.60. The molecule has 0 aliphatic heterocycles. The number of halogens is 4. The maximum absolute atomic E-state index is 11.5. The van der Waals surface area contributed by atoms with Gasteiger partial charge in [-0.05, 0) is 0 Å². The Morgan fingerprint density at radius 1 is 1.38 bits per heavy atom. The van der Waals surface area contributed by atoms with Crippen molar-refractivity contribution < 1.29 is 18.0 Å². The molecular formula is C6H8ClF3N2O. The highest BCUT2D eigenvalue weighted by Crippen LogP contribution is 2.11. The van der Waals surface area contributed by atoms with Crippen LogP contribution in [0.3, 0.4) is 0 Å². The van der Waals surface area contributed by atoms with E-state index in [9.17, 15) is 18.0 Å². The van der Waals surface area contributed by atoms with Crippen LogP contribution in [-0.4, -0.2) is 25.3 Å². The van der Waals surface area contributed by atoms with Crippen LogP contribution in [0.15, 0.2) is 11.6 Å². The lowest BCUT2D eigenvalue weighted by molar-refractivity contribution is -0.122. The van der Waals surface area contributed by atoms with Gasteiger partial charge in [-0.3, -0.25) is 0 Å². The zero-order valence-corrected chi connectivity index (χ0v) is 7.30. The van der Waals surface area contributed by atoms with Crippen molar-refractivity contribution in [1.29, 1.82) is 0 Å². The van der Waals surface area contributed by atoms with Gasteiger partial charge in [-0.1, -0.05) is 18.2 Å². The van der Waals surface area contributed by atoms with Crippen molar-refractivity contribution in [1.82, 2.24) is 10.6 Å². The summed E-state index contributed by atoms with van der Waals surface area (Å²) in [5, 5.41) is 3.82. The fraction of sp³-hybridized carbons (Fsp3) is 0.500. The van der Waals surface area contributed by atoms with Crippen molar-refractivity contribution in [2.45, 2.75) is 6.18 Å². The van der Waals surface area contributed by atoms with Crippen LogP contribution in [0.25, 0.3) is 0 Å². The third kappa shape index (κ3) is 9.00. The summed E-state index contributed by atoms with van der Waals surface area (Å²) >= 11 is 5.25. The van der Waals surface area contributed by atoms with Gasteiger partial charge in [0.15, 0.2) is 0 Å². The Bertz CT molecular complexity index is 205. The van der Waals surface area contributed by atoms with Crippen LogP contribution in [0.2, 0.25) is 0 Å². The van der Waals surface area contributed by atoms with Crippen molar-refractivity contribution in [3.05, 3.63) is 11.6 Å². The van der Waals surface area contributed by atoms with Gasteiger partial charge in [-0.2, -0.15) is 13.2 Å². The molecule has 7 heteroatoms. The molecule has 0 atom stereocenters. The molecule has 0 aromatic rings. The molecular weight excluding hydrogens is 209 g/mol. The fourth-order valence-electron chi connectivity index (χ4n) is 0.419. The maximum atomic E-state index is 11.5. The van der Waals surface area contributed by atoms with E-state index in [2.05, 4.69) is 11.9 Å². The fourth-order valence-corrected chi connectivity index (χ4v) is 0.486. The number of urea groups is 1. The highest BCUT2D eigenvalue weighted by molar-refractivity contribution is 6.29. The summed E-state index contributed by atoms with van der Waals surface area (Å²) in [6.45, 7) is 1.80. The normalized spacial score (nSPS) is 10.8. The van der Waals surface area contributed by atoms with Crippen LogP contribution < -0.4 is 10.6 Å². The molecule has 3 nitrogen and oxygen atoms in total. The van der Waals surface area contributed by atoms with Gasteiger partial charge >= 0.3 is 12.2 Å². The second kappa shape index (κ2) is 4.96. The van der Waals surface area contributed by atoms with Crippen LogP contribution in [0.5, 0.6) is 0 Å². The number of amides is 2. The zero-order chi connectivity index (χ0) is 10.5. The first-order chi connectivity index (χ1) is 5.81. The third-order valence-corrected chi connectivity index (χ3v) is 1.02. The van der Waals surface area contributed by atoms with E-state index in [4.69, 9.17) is 11.6 Å². The SMILES string of the molecule is C=C(Cl)CNC(=O)NCC(F)(F)F. The Labute approximate surface area is 77.9 Å². The highest BCUT2D eigenvalue weighted by atomic mass is 35.5. The topological polar surface area (TPSA) is 41.1 Å². The van der Waals surface area contributed by atoms with Crippen LogP contribution in [-0.2, 0) is 0 Å². The Balaban J connectivity index is 3.58. The number of hydrogen-bond acceptors (Lipinski definition) is 1. The summed E-state index contributed by atoms with van der Waals surface area (Å²) in [4.78, 5) is 10.6. The van der Waals surface area contributed by atoms with E-state index in [1.165, 1.54) is 0 Å². The maximum Gasteiger partial charge on any atom is 0.405 e. The summed E-state index contributed by atoms with van der Waals surface area (Å²) in [7, 11) is 0. The number of alkyl halides is 3. The molecule has 13 heavy (non-hydrogen) atoms. The summed E-state index contributed by atoms with van der Waals surface area (Å²) in [5.41, 5.74) is 0. The summed E-state index contributed by atoms with van der Waals surface area (Å²) in [6, 6.07) is -0.931. The van der Waals surface area contributed by atoms with Gasteiger partial charge in [0.2, 0.25) is 0 Å². The number of rotatable bonds is 3. The minimum absolute atomic E-state index is 0.0642. The minimum Gasteiger partial charge on any atom is -0.333 e. The van der Waals surface area contributed by atoms with Gasteiger partial charge in [-0.15, -0.1) is 0 Å². The van der Waals surface area contributed by atoms with Crippen molar-refractivity contribution in [2.24, 2.45) is 0 Å². The van der Waals surface area contributed by atoms with Crippen LogP contribution >= 0.6 is 11.6 Å². The van der Waals surface area contributed by atoms with Gasteiger partial charge in [-0.25, -0.2) is 4.79 Å². The van der Waals surface area contributed by atoms with Crippen molar-refractivity contribution >= 4 is 17.6 Å². The minimum atomic E-state index is -4.41. The molecule has 0 spiro atoms. The van der Waals surface area contributed by atoms with E-state index in [0.29, 0.717) is 0 Å². The van der Waals surface area contributed by atoms with E-state index >= 15 is 0 Å². The number of hydrogen-bond donors (Lipinski definition) is 2. The molecule has 76 valence electrons. The first kappa shape index (κ1) is 12.1. The molecule has 0 saturated carbocycles. The number of carbonyl (C=O) groups excluding carboxylic acids is 1. The predicted molar refractivity (Wildman–Crippen MR) is 42.4 cm³/mol. The Morgan fingerprint density at radius 2 is 1.92 bits per heavy atom. The van der Waals surface area contributed by atoms with Crippen LogP contribution in [0.4, 0.5) is 18.0 Å². The quantitative estimate of drug-likeness (QED) is 0.739. The molecule has 2 N–H and O–H groups in total. The molecule has 0 aromatic carbocycles. The third-order valence-electron chi connectivity index (χ3n) is 0.890. The zero-order valence-electron chi connectivity index (χ0n) is 6.54. The monoisotopic (exact) mass is 216 g/mol. The van der Waals surface area contributed by atoms with Crippen molar-refractivity contribution in [2.75, 3.05) is 13.1 Å². The lowest BCUT2D eigenvalue weighted by atomic mass is 10.6. The van der Waals surface area contributed by atoms with Gasteiger partial charge in [0.25, 0.3) is 0 Å².